The van der Waals surface area contributed by atoms with Gasteiger partial charge in [0, 0.05) is 6.20 Å². The number of esters is 1. The van der Waals surface area contributed by atoms with Crippen molar-refractivity contribution in [1.29, 1.82) is 0 Å². The van der Waals surface area contributed by atoms with Gasteiger partial charge in [-0.15, -0.1) is 0 Å². The van der Waals surface area contributed by atoms with Crippen LogP contribution in [0.25, 0.3) is 0 Å². The van der Waals surface area contributed by atoms with Crippen molar-refractivity contribution in [2.45, 2.75) is 13.0 Å². The molecule has 11 heteroatoms. The molecule has 7 nitrogen and oxygen atoms in total. The number of anilines is 2. The minimum Gasteiger partial charge on any atom is -0.448 e. The highest BCUT2D eigenvalue weighted by atomic mass is 35.5. The molecule has 132 valence electrons. The van der Waals surface area contributed by atoms with E-state index < -0.39 is 18.0 Å². The van der Waals surface area contributed by atoms with Gasteiger partial charge in [0.2, 0.25) is 0 Å². The number of hydrogen-bond donors (Lipinski definition) is 2. The summed E-state index contributed by atoms with van der Waals surface area (Å²) in [5.74, 6) is -1.36. The van der Waals surface area contributed by atoms with Gasteiger partial charge in [-0.3, -0.25) is 4.79 Å². The van der Waals surface area contributed by atoms with E-state index in [2.05, 4.69) is 15.3 Å². The van der Waals surface area contributed by atoms with Crippen molar-refractivity contribution in [1.82, 2.24) is 9.97 Å². The van der Waals surface area contributed by atoms with Crippen molar-refractivity contribution >= 4 is 69.8 Å². The molecule has 3 N–H and O–H groups in total. The van der Waals surface area contributed by atoms with Gasteiger partial charge < -0.3 is 15.8 Å². The van der Waals surface area contributed by atoms with E-state index in [0.29, 0.717) is 5.02 Å². The number of ether oxygens (including phenoxy) is 1. The molecular weight excluding hydrogens is 414 g/mol. The molecule has 0 spiro atoms. The first-order valence-electron chi connectivity index (χ1n) is 6.64. The van der Waals surface area contributed by atoms with Crippen LogP contribution in [0.2, 0.25) is 20.2 Å². The predicted molar refractivity (Wildman–Crippen MR) is 96.4 cm³/mol. The molecule has 0 aromatic carbocycles. The molecule has 1 atom stereocenters. The van der Waals surface area contributed by atoms with Crippen LogP contribution in [0.15, 0.2) is 18.3 Å². The zero-order valence-electron chi connectivity index (χ0n) is 12.5. The van der Waals surface area contributed by atoms with E-state index in [0.717, 1.165) is 0 Å². The number of nitrogens with two attached hydrogens (primary N) is 1. The lowest BCUT2D eigenvalue weighted by Crippen LogP contribution is -2.30. The van der Waals surface area contributed by atoms with Gasteiger partial charge in [0.15, 0.2) is 17.0 Å². The molecular formula is C14H10Cl4N4O3. The van der Waals surface area contributed by atoms with E-state index in [1.807, 2.05) is 0 Å². The fourth-order valence-electron chi connectivity index (χ4n) is 1.61. The molecule has 0 saturated heterocycles. The molecule has 0 radical (unpaired) electrons. The van der Waals surface area contributed by atoms with Gasteiger partial charge in [-0.1, -0.05) is 46.4 Å². The lowest BCUT2D eigenvalue weighted by molar-refractivity contribution is -0.123. The van der Waals surface area contributed by atoms with E-state index in [9.17, 15) is 9.59 Å². The summed E-state index contributed by atoms with van der Waals surface area (Å²) < 4.78 is 5.02. The molecule has 2 rings (SSSR count). The molecule has 25 heavy (non-hydrogen) atoms. The van der Waals surface area contributed by atoms with Crippen molar-refractivity contribution in [3.05, 3.63) is 44.2 Å². The summed E-state index contributed by atoms with van der Waals surface area (Å²) in [5.41, 5.74) is 5.17. The summed E-state index contributed by atoms with van der Waals surface area (Å²) in [5, 5.41) is 2.37. The highest BCUT2D eigenvalue weighted by Gasteiger charge is 2.25. The molecule has 2 heterocycles. The number of nitrogen functional groups attached to an aromatic ring is 1. The Kier molecular flexibility index (Phi) is 6.29. The lowest BCUT2D eigenvalue weighted by atomic mass is 10.3. The fourth-order valence-corrected chi connectivity index (χ4v) is 2.31. The van der Waals surface area contributed by atoms with E-state index in [1.165, 1.54) is 19.2 Å². The number of aromatic nitrogens is 2. The number of rotatable bonds is 4. The topological polar surface area (TPSA) is 107 Å². The first kappa shape index (κ1) is 19.5. The number of hydrogen-bond acceptors (Lipinski definition) is 6. The summed E-state index contributed by atoms with van der Waals surface area (Å²) in [6, 6.07) is 3.04. The van der Waals surface area contributed by atoms with E-state index in [1.54, 1.807) is 6.07 Å². The number of halogens is 4. The zero-order valence-corrected chi connectivity index (χ0v) is 15.5. The van der Waals surface area contributed by atoms with Crippen molar-refractivity contribution in [2.75, 3.05) is 11.1 Å². The third-order valence-corrected chi connectivity index (χ3v) is 4.26. The van der Waals surface area contributed by atoms with Crippen LogP contribution in [0.4, 0.5) is 11.5 Å². The quantitative estimate of drug-likeness (QED) is 0.571. The second-order valence-electron chi connectivity index (χ2n) is 4.69. The number of nitrogens with zero attached hydrogens (tertiary/aromatic N) is 2. The molecule has 0 bridgehead atoms. The third-order valence-electron chi connectivity index (χ3n) is 2.90. The van der Waals surface area contributed by atoms with Crippen molar-refractivity contribution in [3.8, 4) is 0 Å². The monoisotopic (exact) mass is 422 g/mol. The molecule has 0 aliphatic heterocycles. The summed E-state index contributed by atoms with van der Waals surface area (Å²) in [6.07, 6.45) is 0.189. The Hall–Kier alpha value is -1.80. The minimum atomic E-state index is -1.17. The maximum atomic E-state index is 12.2. The average Bonchev–Trinajstić information content (AvgIpc) is 2.58. The van der Waals surface area contributed by atoms with Gasteiger partial charge in [-0.2, -0.15) is 0 Å². The van der Waals surface area contributed by atoms with Gasteiger partial charge in [0.1, 0.15) is 10.8 Å². The van der Waals surface area contributed by atoms with Crippen LogP contribution in [0.3, 0.4) is 0 Å². The van der Waals surface area contributed by atoms with E-state index >= 15 is 0 Å². The molecule has 1 amide bonds. The molecule has 0 aliphatic carbocycles. The van der Waals surface area contributed by atoms with E-state index in [-0.39, 0.29) is 32.4 Å². The Bertz CT molecular complexity index is 830. The van der Waals surface area contributed by atoms with Crippen LogP contribution in [0, 0.1) is 0 Å². The Morgan fingerprint density at radius 2 is 1.88 bits per heavy atom. The Morgan fingerprint density at radius 3 is 2.48 bits per heavy atom. The van der Waals surface area contributed by atoms with Gasteiger partial charge in [-0.05, 0) is 19.1 Å². The van der Waals surface area contributed by atoms with Crippen LogP contribution in [-0.4, -0.2) is 27.9 Å². The van der Waals surface area contributed by atoms with Gasteiger partial charge in [0.05, 0.1) is 15.7 Å². The minimum absolute atomic E-state index is 0.0807. The van der Waals surface area contributed by atoms with Crippen molar-refractivity contribution in [3.63, 3.8) is 0 Å². The molecule has 0 saturated carbocycles. The van der Waals surface area contributed by atoms with Crippen molar-refractivity contribution < 1.29 is 14.3 Å². The van der Waals surface area contributed by atoms with Gasteiger partial charge in [-0.25, -0.2) is 14.8 Å². The largest absolute Gasteiger partial charge is 0.448 e. The average molecular weight is 424 g/mol. The fraction of sp³-hybridized carbons (Fsp3) is 0.143. The van der Waals surface area contributed by atoms with Crippen molar-refractivity contribution in [2.24, 2.45) is 0 Å². The highest BCUT2D eigenvalue weighted by Crippen LogP contribution is 2.34. The number of pyridine rings is 2. The van der Waals surface area contributed by atoms with Gasteiger partial charge >= 0.3 is 5.97 Å². The van der Waals surface area contributed by atoms with Gasteiger partial charge in [0.25, 0.3) is 5.91 Å². The summed E-state index contributed by atoms with van der Waals surface area (Å²) in [4.78, 5) is 31.8. The van der Waals surface area contributed by atoms with Crippen LogP contribution >= 0.6 is 46.4 Å². The molecule has 2 aromatic heterocycles. The number of amides is 1. The molecule has 0 fully saturated rings. The Labute approximate surface area is 162 Å². The predicted octanol–water partition coefficient (Wildman–Crippen LogP) is 3.86. The Morgan fingerprint density at radius 1 is 1.20 bits per heavy atom. The number of carbonyl (C=O) groups excluding carboxylic acids is 2. The standard InChI is InChI=1S/C14H10Cl4N4O3/c1-5(13(23)21-7-3-2-6(15)4-20-7)25-14(24)11-8(16)10(19)9(17)12(18)22-11/h2-5H,1H3,(H2,19,22)(H,20,21,23). The molecule has 0 aliphatic rings. The summed E-state index contributed by atoms with van der Waals surface area (Å²) in [6.45, 7) is 1.36. The lowest BCUT2D eigenvalue weighted by Gasteiger charge is -2.14. The van der Waals surface area contributed by atoms with Crippen LogP contribution in [0.1, 0.15) is 17.4 Å². The summed E-state index contributed by atoms with van der Waals surface area (Å²) >= 11 is 23.2. The SMILES string of the molecule is CC(OC(=O)c1nc(Cl)c(Cl)c(N)c1Cl)C(=O)Nc1ccc(Cl)cn1. The van der Waals surface area contributed by atoms with Crippen LogP contribution in [0.5, 0.6) is 0 Å². The molecule has 1 unspecified atom stereocenters. The highest BCUT2D eigenvalue weighted by molar-refractivity contribution is 6.46. The third kappa shape index (κ3) is 4.64. The first-order chi connectivity index (χ1) is 11.7. The maximum Gasteiger partial charge on any atom is 0.359 e. The normalized spacial score (nSPS) is 11.7. The smallest absolute Gasteiger partial charge is 0.359 e. The van der Waals surface area contributed by atoms with E-state index in [4.69, 9.17) is 56.9 Å². The van der Waals surface area contributed by atoms with Crippen LogP contribution in [-0.2, 0) is 9.53 Å². The number of carbonyl (C=O) groups is 2. The number of nitrogens with one attached hydrogen (secondary N) is 1. The maximum absolute atomic E-state index is 12.2. The van der Waals surface area contributed by atoms with Crippen LogP contribution < -0.4 is 11.1 Å². The summed E-state index contributed by atoms with van der Waals surface area (Å²) in [7, 11) is 0. The Balaban J connectivity index is 2.09. The second kappa shape index (κ2) is 8.05. The zero-order chi connectivity index (χ0) is 18.7. The molecule has 2 aromatic rings. The first-order valence-corrected chi connectivity index (χ1v) is 8.15. The second-order valence-corrected chi connectivity index (χ2v) is 6.24.